The first-order valence-corrected chi connectivity index (χ1v) is 11.7. The number of methoxy groups -OCH3 is 1. The lowest BCUT2D eigenvalue weighted by molar-refractivity contribution is 0.0956. The predicted molar refractivity (Wildman–Crippen MR) is 143 cm³/mol. The normalized spacial score (nSPS) is 11.4. The van der Waals surface area contributed by atoms with Gasteiger partial charge in [-0.05, 0) is 53.9 Å². The molecule has 0 fully saturated rings. The van der Waals surface area contributed by atoms with Crippen molar-refractivity contribution in [2.75, 3.05) is 19.4 Å². The highest BCUT2D eigenvalue weighted by Gasteiger charge is 2.24. The molecule has 0 aliphatic heterocycles. The monoisotopic (exact) mass is 498 g/mol. The summed E-state index contributed by atoms with van der Waals surface area (Å²) >= 11 is 6.10. The standard InChI is InChI=1S/C27H23ClN6O2/c1-36-20-11-9-17(10-12-20)13-14-30-27(35)23-24-26(33-22-8-3-2-7-21(22)32-24)34(25(23)29)31-16-18-5-4-6-19(28)15-18/h2-12,15-16H,13-14,29H2,1H3,(H,30,35). The first-order chi connectivity index (χ1) is 17.5. The molecular formula is C27H23ClN6O2. The van der Waals surface area contributed by atoms with E-state index in [0.717, 1.165) is 16.9 Å². The van der Waals surface area contributed by atoms with E-state index in [9.17, 15) is 4.79 Å². The summed E-state index contributed by atoms with van der Waals surface area (Å²) in [6, 6.07) is 22.4. The minimum atomic E-state index is -0.340. The molecule has 0 unspecified atom stereocenters. The summed E-state index contributed by atoms with van der Waals surface area (Å²) in [6.07, 6.45) is 2.26. The fraction of sp³-hybridized carbons (Fsp3) is 0.111. The number of nitrogens with two attached hydrogens (primary N) is 1. The van der Waals surface area contributed by atoms with Crippen molar-refractivity contribution < 1.29 is 9.53 Å². The number of ether oxygens (including phenoxy) is 1. The molecule has 0 aliphatic rings. The lowest BCUT2D eigenvalue weighted by Gasteiger charge is -2.06. The van der Waals surface area contributed by atoms with Gasteiger partial charge in [0.15, 0.2) is 5.65 Å². The van der Waals surface area contributed by atoms with Crippen LogP contribution in [0.4, 0.5) is 5.82 Å². The molecule has 0 radical (unpaired) electrons. The number of nitrogens with one attached hydrogen (secondary N) is 1. The molecule has 0 saturated carbocycles. The maximum Gasteiger partial charge on any atom is 0.257 e. The predicted octanol–water partition coefficient (Wildman–Crippen LogP) is 4.68. The van der Waals surface area contributed by atoms with Crippen molar-refractivity contribution in [3.8, 4) is 5.75 Å². The van der Waals surface area contributed by atoms with Crippen molar-refractivity contribution >= 4 is 51.7 Å². The number of nitrogens with zero attached hydrogens (tertiary/aromatic N) is 4. The molecule has 8 nitrogen and oxygen atoms in total. The Kier molecular flexibility index (Phi) is 6.51. The smallest absolute Gasteiger partial charge is 0.257 e. The Bertz CT molecular complexity index is 1590. The topological polar surface area (TPSA) is 107 Å². The SMILES string of the molecule is COc1ccc(CCNC(=O)c2c(N)n(N=Cc3cccc(Cl)c3)c3nc4ccccc4nc23)cc1. The number of aromatic nitrogens is 3. The molecule has 36 heavy (non-hydrogen) atoms. The molecule has 2 heterocycles. The van der Waals surface area contributed by atoms with Crippen LogP contribution in [0, 0.1) is 0 Å². The largest absolute Gasteiger partial charge is 0.497 e. The van der Waals surface area contributed by atoms with Crippen LogP contribution in [0.3, 0.4) is 0 Å². The number of carbonyl (C=O) groups is 1. The van der Waals surface area contributed by atoms with Gasteiger partial charge in [-0.3, -0.25) is 4.79 Å². The van der Waals surface area contributed by atoms with Crippen molar-refractivity contribution in [2.45, 2.75) is 6.42 Å². The van der Waals surface area contributed by atoms with Crippen molar-refractivity contribution in [2.24, 2.45) is 5.10 Å². The van der Waals surface area contributed by atoms with E-state index in [2.05, 4.69) is 10.4 Å². The number of benzene rings is 3. The second kappa shape index (κ2) is 10.1. The fourth-order valence-electron chi connectivity index (χ4n) is 3.90. The minimum absolute atomic E-state index is 0.153. The van der Waals surface area contributed by atoms with E-state index < -0.39 is 0 Å². The number of hydrogen-bond acceptors (Lipinski definition) is 6. The molecule has 5 rings (SSSR count). The van der Waals surface area contributed by atoms with Crippen molar-refractivity contribution in [1.82, 2.24) is 20.0 Å². The highest BCUT2D eigenvalue weighted by molar-refractivity contribution is 6.30. The van der Waals surface area contributed by atoms with Gasteiger partial charge in [-0.25, -0.2) is 9.97 Å². The number of nitrogen functional groups attached to an aromatic ring is 1. The molecule has 3 N–H and O–H groups in total. The molecule has 0 saturated heterocycles. The zero-order valence-corrected chi connectivity index (χ0v) is 20.2. The molecule has 5 aromatic rings. The Hall–Kier alpha value is -4.43. The van der Waals surface area contributed by atoms with Crippen LogP contribution in [0.5, 0.6) is 5.75 Å². The summed E-state index contributed by atoms with van der Waals surface area (Å²) in [4.78, 5) is 22.7. The molecule has 0 bridgehead atoms. The summed E-state index contributed by atoms with van der Waals surface area (Å²) in [7, 11) is 1.63. The Morgan fingerprint density at radius 1 is 1.08 bits per heavy atom. The summed E-state index contributed by atoms with van der Waals surface area (Å²) < 4.78 is 6.63. The van der Waals surface area contributed by atoms with Gasteiger partial charge in [-0.1, -0.05) is 48.0 Å². The van der Waals surface area contributed by atoms with Crippen LogP contribution < -0.4 is 15.8 Å². The number of hydrogen-bond donors (Lipinski definition) is 2. The van der Waals surface area contributed by atoms with E-state index in [1.165, 1.54) is 4.68 Å². The lowest BCUT2D eigenvalue weighted by Crippen LogP contribution is -2.26. The number of amides is 1. The Morgan fingerprint density at radius 3 is 2.56 bits per heavy atom. The minimum Gasteiger partial charge on any atom is -0.497 e. The van der Waals surface area contributed by atoms with Gasteiger partial charge in [0.2, 0.25) is 0 Å². The average Bonchev–Trinajstić information content (AvgIpc) is 3.16. The summed E-state index contributed by atoms with van der Waals surface area (Å²) in [6.45, 7) is 0.421. The second-order valence-electron chi connectivity index (χ2n) is 8.11. The summed E-state index contributed by atoms with van der Waals surface area (Å²) in [5, 5.41) is 8.05. The molecule has 0 aliphatic carbocycles. The van der Waals surface area contributed by atoms with Gasteiger partial charge in [-0.2, -0.15) is 9.78 Å². The fourth-order valence-corrected chi connectivity index (χ4v) is 4.10. The molecule has 0 spiro atoms. The van der Waals surface area contributed by atoms with Gasteiger partial charge < -0.3 is 15.8 Å². The van der Waals surface area contributed by atoms with Gasteiger partial charge in [0.05, 0.1) is 24.4 Å². The van der Waals surface area contributed by atoms with Gasteiger partial charge in [-0.15, -0.1) is 0 Å². The van der Waals surface area contributed by atoms with E-state index in [0.29, 0.717) is 40.2 Å². The number of carbonyl (C=O) groups excluding carboxylic acids is 1. The molecule has 3 aromatic carbocycles. The molecule has 1 amide bonds. The first-order valence-electron chi connectivity index (χ1n) is 11.3. The van der Waals surface area contributed by atoms with E-state index in [-0.39, 0.29) is 17.3 Å². The number of fused-ring (bicyclic) bond motifs is 2. The van der Waals surface area contributed by atoms with Gasteiger partial charge in [0.1, 0.15) is 22.6 Å². The molecular weight excluding hydrogens is 476 g/mol. The number of anilines is 1. The van der Waals surface area contributed by atoms with Crippen molar-refractivity contribution in [1.29, 1.82) is 0 Å². The van der Waals surface area contributed by atoms with Crippen LogP contribution in [0.15, 0.2) is 77.9 Å². The van der Waals surface area contributed by atoms with Gasteiger partial charge in [0.25, 0.3) is 5.91 Å². The van der Waals surface area contributed by atoms with E-state index in [1.54, 1.807) is 25.5 Å². The molecule has 0 atom stereocenters. The Labute approximate surface area is 212 Å². The third-order valence-corrected chi connectivity index (χ3v) is 5.97. The average molecular weight is 499 g/mol. The van der Waals surface area contributed by atoms with Crippen LogP contribution in [0.25, 0.3) is 22.2 Å². The van der Waals surface area contributed by atoms with Crippen molar-refractivity contribution in [3.63, 3.8) is 0 Å². The third kappa shape index (κ3) is 4.71. The zero-order valence-electron chi connectivity index (χ0n) is 19.5. The number of para-hydroxylation sites is 2. The van der Waals surface area contributed by atoms with Crippen molar-refractivity contribution in [3.05, 3.63) is 94.5 Å². The second-order valence-corrected chi connectivity index (χ2v) is 8.55. The Balaban J connectivity index is 1.49. The number of rotatable bonds is 7. The number of halogens is 1. The van der Waals surface area contributed by atoms with Crippen LogP contribution in [0.2, 0.25) is 5.02 Å². The van der Waals surface area contributed by atoms with E-state index >= 15 is 0 Å². The van der Waals surface area contributed by atoms with E-state index in [1.807, 2.05) is 60.7 Å². The highest BCUT2D eigenvalue weighted by atomic mass is 35.5. The molecule has 180 valence electrons. The summed E-state index contributed by atoms with van der Waals surface area (Å²) in [5.74, 6) is 0.598. The van der Waals surface area contributed by atoms with Crippen LogP contribution in [-0.2, 0) is 6.42 Å². The van der Waals surface area contributed by atoms with Gasteiger partial charge in [0, 0.05) is 11.6 Å². The maximum atomic E-state index is 13.3. The maximum absolute atomic E-state index is 13.3. The van der Waals surface area contributed by atoms with Crippen LogP contribution in [-0.4, -0.2) is 40.4 Å². The van der Waals surface area contributed by atoms with E-state index in [4.69, 9.17) is 32.0 Å². The molecule has 2 aromatic heterocycles. The Morgan fingerprint density at radius 2 is 1.83 bits per heavy atom. The quantitative estimate of drug-likeness (QED) is 0.317. The zero-order chi connectivity index (χ0) is 25.1. The highest BCUT2D eigenvalue weighted by Crippen LogP contribution is 2.28. The van der Waals surface area contributed by atoms with Gasteiger partial charge >= 0.3 is 0 Å². The summed E-state index contributed by atoms with van der Waals surface area (Å²) in [5.41, 5.74) is 10.7. The van der Waals surface area contributed by atoms with Crippen LogP contribution >= 0.6 is 11.6 Å². The first kappa shape index (κ1) is 23.3. The lowest BCUT2D eigenvalue weighted by atomic mass is 10.1. The molecule has 9 heteroatoms. The van der Waals surface area contributed by atoms with Crippen LogP contribution in [0.1, 0.15) is 21.5 Å². The third-order valence-electron chi connectivity index (χ3n) is 5.73.